The fourth-order valence-electron chi connectivity index (χ4n) is 4.41. The van der Waals surface area contributed by atoms with Crippen LogP contribution < -0.4 is 0 Å². The third-order valence-corrected chi connectivity index (χ3v) is 6.01. The van der Waals surface area contributed by atoms with Crippen LogP contribution in [-0.4, -0.2) is 5.25 Å². The van der Waals surface area contributed by atoms with E-state index < -0.39 is 0 Å². The lowest BCUT2D eigenvalue weighted by Crippen LogP contribution is -2.71. The molecule has 0 spiro atoms. The first-order valence-corrected chi connectivity index (χ1v) is 6.19. The van der Waals surface area contributed by atoms with E-state index in [4.69, 9.17) is 12.6 Å². The van der Waals surface area contributed by atoms with Gasteiger partial charge in [-0.25, -0.2) is 0 Å². The summed E-state index contributed by atoms with van der Waals surface area (Å²) in [5.41, 5.74) is 1.24. The summed E-state index contributed by atoms with van der Waals surface area (Å²) in [6, 6.07) is 0. The van der Waals surface area contributed by atoms with Gasteiger partial charge in [0, 0.05) is 5.25 Å². The van der Waals surface area contributed by atoms with Gasteiger partial charge >= 0.3 is 0 Å². The van der Waals surface area contributed by atoms with Crippen LogP contribution in [0, 0.1) is 22.7 Å². The Kier molecular flexibility index (Phi) is 2.04. The molecule has 5 atom stereocenters. The van der Waals surface area contributed by atoms with Gasteiger partial charge in [-0.1, -0.05) is 40.5 Å². The molecule has 2 rings (SSSR count). The minimum atomic E-state index is 0.592. The smallest absolute Gasteiger partial charge is 0.0105 e. The highest BCUT2D eigenvalue weighted by Crippen LogP contribution is 2.75. The van der Waals surface area contributed by atoms with E-state index in [9.17, 15) is 0 Å². The van der Waals surface area contributed by atoms with Crippen LogP contribution in [-0.2, 0) is 0 Å². The number of rotatable bonds is 2. The molecular weight excluding hydrogens is 176 g/mol. The predicted octanol–water partition coefficient (Wildman–Crippen LogP) is 3.77. The average molecular weight is 198 g/mol. The third kappa shape index (κ3) is 0.948. The summed E-state index contributed by atoms with van der Waals surface area (Å²) in [7, 11) is 0. The first-order chi connectivity index (χ1) is 5.99. The van der Waals surface area contributed by atoms with Crippen molar-refractivity contribution in [1.29, 1.82) is 0 Å². The number of thiol groups is 1. The van der Waals surface area contributed by atoms with Gasteiger partial charge < -0.3 is 0 Å². The lowest BCUT2D eigenvalue weighted by molar-refractivity contribution is -0.221. The molecule has 2 saturated carbocycles. The van der Waals surface area contributed by atoms with Crippen molar-refractivity contribution in [2.45, 2.75) is 52.2 Å². The second-order valence-electron chi connectivity index (χ2n) is 5.68. The highest BCUT2D eigenvalue weighted by atomic mass is 32.1. The SMILES string of the molecule is CCC1C(S)C2(C)CC(C)(CC)C12. The molecule has 0 heterocycles. The molecule has 5 unspecified atom stereocenters. The third-order valence-electron chi connectivity index (χ3n) is 5.03. The molecule has 0 saturated heterocycles. The summed E-state index contributed by atoms with van der Waals surface area (Å²) in [6.45, 7) is 9.58. The van der Waals surface area contributed by atoms with Gasteiger partial charge in [-0.05, 0) is 29.1 Å². The molecule has 0 aromatic heterocycles. The Morgan fingerprint density at radius 2 is 1.92 bits per heavy atom. The average Bonchev–Trinajstić information content (AvgIpc) is 2.12. The van der Waals surface area contributed by atoms with E-state index in [0.717, 1.165) is 11.8 Å². The van der Waals surface area contributed by atoms with Crippen molar-refractivity contribution < 1.29 is 0 Å². The summed E-state index contributed by atoms with van der Waals surface area (Å²) in [5, 5.41) is 0.683. The molecule has 13 heavy (non-hydrogen) atoms. The minimum absolute atomic E-state index is 0.592. The van der Waals surface area contributed by atoms with E-state index >= 15 is 0 Å². The van der Waals surface area contributed by atoms with E-state index in [1.165, 1.54) is 19.3 Å². The van der Waals surface area contributed by atoms with E-state index in [1.807, 2.05) is 0 Å². The van der Waals surface area contributed by atoms with E-state index in [1.54, 1.807) is 0 Å². The molecule has 0 amide bonds. The maximum atomic E-state index is 4.77. The maximum absolute atomic E-state index is 4.77. The molecule has 76 valence electrons. The highest BCUT2D eigenvalue weighted by Gasteiger charge is 2.70. The Hall–Kier alpha value is 0.350. The second kappa shape index (κ2) is 2.68. The second-order valence-corrected chi connectivity index (χ2v) is 6.24. The fraction of sp³-hybridized carbons (Fsp3) is 1.00. The summed E-state index contributed by atoms with van der Waals surface area (Å²) < 4.78 is 0. The van der Waals surface area contributed by atoms with Crippen LogP contribution in [0.25, 0.3) is 0 Å². The first kappa shape index (κ1) is 9.89. The van der Waals surface area contributed by atoms with Crippen LogP contribution in [0.15, 0.2) is 0 Å². The molecule has 0 radical (unpaired) electrons. The summed E-state index contributed by atoms with van der Waals surface area (Å²) >= 11 is 4.77. The quantitative estimate of drug-likeness (QED) is 0.642. The molecular formula is C12H22S. The molecule has 0 aliphatic heterocycles. The van der Waals surface area contributed by atoms with Gasteiger partial charge in [-0.15, -0.1) is 0 Å². The largest absolute Gasteiger partial charge is 0.175 e. The lowest BCUT2D eigenvalue weighted by atomic mass is 9.32. The van der Waals surface area contributed by atoms with Crippen LogP contribution in [0.5, 0.6) is 0 Å². The molecule has 0 N–H and O–H groups in total. The summed E-state index contributed by atoms with van der Waals surface area (Å²) in [4.78, 5) is 0. The summed E-state index contributed by atoms with van der Waals surface area (Å²) in [6.07, 6.45) is 4.08. The number of hydrogen-bond acceptors (Lipinski definition) is 1. The molecule has 0 bridgehead atoms. The molecule has 2 aliphatic rings. The van der Waals surface area contributed by atoms with Crippen molar-refractivity contribution in [3.63, 3.8) is 0 Å². The van der Waals surface area contributed by atoms with Crippen LogP contribution >= 0.6 is 12.6 Å². The zero-order valence-corrected chi connectivity index (χ0v) is 10.2. The van der Waals surface area contributed by atoms with Crippen molar-refractivity contribution >= 4 is 12.6 Å². The Morgan fingerprint density at radius 1 is 1.31 bits per heavy atom. The molecule has 2 aliphatic carbocycles. The molecule has 1 heteroatoms. The van der Waals surface area contributed by atoms with Crippen LogP contribution in [0.1, 0.15) is 47.0 Å². The van der Waals surface area contributed by atoms with Crippen LogP contribution in [0.4, 0.5) is 0 Å². The van der Waals surface area contributed by atoms with Gasteiger partial charge in [0.2, 0.25) is 0 Å². The number of fused-ring (bicyclic) bond motifs is 1. The van der Waals surface area contributed by atoms with Crippen molar-refractivity contribution in [2.75, 3.05) is 0 Å². The van der Waals surface area contributed by atoms with Gasteiger partial charge in [0.25, 0.3) is 0 Å². The highest BCUT2D eigenvalue weighted by molar-refractivity contribution is 7.81. The Bertz CT molecular complexity index is 217. The first-order valence-electron chi connectivity index (χ1n) is 5.67. The van der Waals surface area contributed by atoms with E-state index in [2.05, 4.69) is 27.7 Å². The fourth-order valence-corrected chi connectivity index (χ4v) is 5.04. The Labute approximate surface area is 87.9 Å². The Morgan fingerprint density at radius 3 is 2.38 bits per heavy atom. The Balaban J connectivity index is 2.16. The number of hydrogen-bond donors (Lipinski definition) is 1. The molecule has 0 aromatic rings. The van der Waals surface area contributed by atoms with Crippen molar-refractivity contribution in [1.82, 2.24) is 0 Å². The van der Waals surface area contributed by atoms with Gasteiger partial charge in [0.05, 0.1) is 0 Å². The predicted molar refractivity (Wildman–Crippen MR) is 61.2 cm³/mol. The zero-order valence-electron chi connectivity index (χ0n) is 9.30. The van der Waals surface area contributed by atoms with Crippen molar-refractivity contribution in [2.24, 2.45) is 22.7 Å². The van der Waals surface area contributed by atoms with E-state index in [0.29, 0.717) is 16.1 Å². The van der Waals surface area contributed by atoms with Crippen molar-refractivity contribution in [3.8, 4) is 0 Å². The van der Waals surface area contributed by atoms with Gasteiger partial charge in [-0.3, -0.25) is 0 Å². The summed E-state index contributed by atoms with van der Waals surface area (Å²) in [5.74, 6) is 1.87. The standard InChI is InChI=1S/C12H22S/c1-5-8-9-11(3,6-2)7-12(9,4)10(8)13/h8-10,13H,5-7H2,1-4H3. The van der Waals surface area contributed by atoms with Gasteiger partial charge in [0.15, 0.2) is 0 Å². The molecule has 2 fully saturated rings. The monoisotopic (exact) mass is 198 g/mol. The van der Waals surface area contributed by atoms with Gasteiger partial charge in [-0.2, -0.15) is 12.6 Å². The van der Waals surface area contributed by atoms with Crippen LogP contribution in [0.2, 0.25) is 0 Å². The zero-order chi connectivity index (χ0) is 9.85. The minimum Gasteiger partial charge on any atom is -0.175 e. The normalized spacial score (nSPS) is 59.3. The molecule has 0 aromatic carbocycles. The van der Waals surface area contributed by atoms with Crippen LogP contribution in [0.3, 0.4) is 0 Å². The lowest BCUT2D eigenvalue weighted by Gasteiger charge is -2.75. The van der Waals surface area contributed by atoms with Gasteiger partial charge in [0.1, 0.15) is 0 Å². The maximum Gasteiger partial charge on any atom is 0.0105 e. The van der Waals surface area contributed by atoms with Crippen molar-refractivity contribution in [3.05, 3.63) is 0 Å². The topological polar surface area (TPSA) is 0 Å². The van der Waals surface area contributed by atoms with E-state index in [-0.39, 0.29) is 0 Å². The molecule has 0 nitrogen and oxygen atoms in total.